The van der Waals surface area contributed by atoms with Crippen LogP contribution in [0, 0.1) is 5.92 Å². The maximum atomic E-state index is 12.7. The lowest BCUT2D eigenvalue weighted by Crippen LogP contribution is -2.39. The molecule has 5 nitrogen and oxygen atoms in total. The Bertz CT molecular complexity index is 661. The average Bonchev–Trinajstić information content (AvgIpc) is 2.93. The van der Waals surface area contributed by atoms with Crippen molar-refractivity contribution in [2.45, 2.75) is 39.5 Å². The summed E-state index contributed by atoms with van der Waals surface area (Å²) >= 11 is 0. The zero-order chi connectivity index (χ0) is 15.0. The van der Waals surface area contributed by atoms with Crippen LogP contribution in [0.4, 0.5) is 0 Å². The first kappa shape index (κ1) is 14.0. The standard InChI is InChI=1S/C16H22N4O/c1-11(2)14-9-13(18-15-6-7-17-20(14)15)16(21)19-8-4-5-12(3)10-19/h6-7,9,11-12H,4-5,8,10H2,1-3H3/t12-/m1/s1. The molecule has 2 aromatic rings. The monoisotopic (exact) mass is 286 g/mol. The molecule has 1 fully saturated rings. The minimum atomic E-state index is 0.0483. The third-order valence-electron chi connectivity index (χ3n) is 4.14. The van der Waals surface area contributed by atoms with Gasteiger partial charge in [0.2, 0.25) is 0 Å². The van der Waals surface area contributed by atoms with Gasteiger partial charge >= 0.3 is 0 Å². The molecule has 112 valence electrons. The van der Waals surface area contributed by atoms with Crippen LogP contribution in [0.5, 0.6) is 0 Å². The maximum absolute atomic E-state index is 12.7. The summed E-state index contributed by atoms with van der Waals surface area (Å²) in [7, 11) is 0. The van der Waals surface area contributed by atoms with E-state index in [0.717, 1.165) is 30.9 Å². The number of hydrogen-bond acceptors (Lipinski definition) is 3. The number of nitrogens with zero attached hydrogens (tertiary/aromatic N) is 4. The summed E-state index contributed by atoms with van der Waals surface area (Å²) in [5.41, 5.74) is 2.31. The molecule has 1 saturated heterocycles. The molecule has 3 rings (SSSR count). The molecule has 5 heteroatoms. The molecule has 0 aromatic carbocycles. The van der Waals surface area contributed by atoms with E-state index >= 15 is 0 Å². The number of likely N-dealkylation sites (tertiary alicyclic amines) is 1. The van der Waals surface area contributed by atoms with Crippen molar-refractivity contribution in [1.82, 2.24) is 19.5 Å². The van der Waals surface area contributed by atoms with Gasteiger partial charge in [-0.25, -0.2) is 9.50 Å². The van der Waals surface area contributed by atoms with Gasteiger partial charge in [0.25, 0.3) is 5.91 Å². The lowest BCUT2D eigenvalue weighted by molar-refractivity contribution is 0.0677. The second-order valence-corrected chi connectivity index (χ2v) is 6.32. The number of piperidine rings is 1. The number of aromatic nitrogens is 3. The number of carbonyl (C=O) groups excluding carboxylic acids is 1. The molecule has 1 aliphatic heterocycles. The molecule has 0 N–H and O–H groups in total. The highest BCUT2D eigenvalue weighted by Crippen LogP contribution is 2.20. The first-order valence-electron chi connectivity index (χ1n) is 7.70. The van der Waals surface area contributed by atoms with E-state index < -0.39 is 0 Å². The summed E-state index contributed by atoms with van der Waals surface area (Å²) in [6.45, 7) is 8.09. The quantitative estimate of drug-likeness (QED) is 0.853. The van der Waals surface area contributed by atoms with Gasteiger partial charge in [-0.3, -0.25) is 4.79 Å². The Morgan fingerprint density at radius 2 is 2.24 bits per heavy atom. The molecule has 1 atom stereocenters. The molecule has 2 aromatic heterocycles. The number of carbonyl (C=O) groups is 1. The number of rotatable bonds is 2. The van der Waals surface area contributed by atoms with Gasteiger partial charge in [0.05, 0.1) is 6.20 Å². The summed E-state index contributed by atoms with van der Waals surface area (Å²) < 4.78 is 1.82. The number of fused-ring (bicyclic) bond motifs is 1. The maximum Gasteiger partial charge on any atom is 0.272 e. The summed E-state index contributed by atoms with van der Waals surface area (Å²) in [6.07, 6.45) is 4.01. The van der Waals surface area contributed by atoms with E-state index in [1.807, 2.05) is 21.5 Å². The fraction of sp³-hybridized carbons (Fsp3) is 0.562. The van der Waals surface area contributed by atoms with Crippen LogP contribution in [0.2, 0.25) is 0 Å². The first-order valence-corrected chi connectivity index (χ1v) is 7.70. The molecule has 0 aliphatic carbocycles. The van der Waals surface area contributed by atoms with Gasteiger partial charge in [0, 0.05) is 24.8 Å². The molecule has 1 amide bonds. The summed E-state index contributed by atoms with van der Waals surface area (Å²) in [5.74, 6) is 0.917. The van der Waals surface area contributed by atoms with Gasteiger partial charge < -0.3 is 4.90 Å². The Morgan fingerprint density at radius 1 is 1.43 bits per heavy atom. The molecule has 1 aliphatic rings. The SMILES string of the molecule is CC(C)c1cc(C(=O)N2CCC[C@@H](C)C2)nc2ccnn12. The lowest BCUT2D eigenvalue weighted by atomic mass is 10.00. The van der Waals surface area contributed by atoms with Crippen LogP contribution < -0.4 is 0 Å². The van der Waals surface area contributed by atoms with Crippen LogP contribution in [0.3, 0.4) is 0 Å². The Morgan fingerprint density at radius 3 is 2.95 bits per heavy atom. The van der Waals surface area contributed by atoms with Crippen LogP contribution in [0.25, 0.3) is 5.65 Å². The highest BCUT2D eigenvalue weighted by atomic mass is 16.2. The van der Waals surface area contributed by atoms with Crippen LogP contribution >= 0.6 is 0 Å². The van der Waals surface area contributed by atoms with E-state index in [9.17, 15) is 4.79 Å². The molecule has 21 heavy (non-hydrogen) atoms. The highest BCUT2D eigenvalue weighted by Gasteiger charge is 2.24. The van der Waals surface area contributed by atoms with Crippen LogP contribution in [-0.2, 0) is 0 Å². The Balaban J connectivity index is 1.97. The number of amides is 1. The largest absolute Gasteiger partial charge is 0.337 e. The van der Waals surface area contributed by atoms with Crippen molar-refractivity contribution in [3.63, 3.8) is 0 Å². The molecule has 0 unspecified atom stereocenters. The summed E-state index contributed by atoms with van der Waals surface area (Å²) in [4.78, 5) is 19.1. The fourth-order valence-electron chi connectivity index (χ4n) is 2.99. The van der Waals surface area contributed by atoms with E-state index in [1.165, 1.54) is 6.42 Å². The normalized spacial score (nSPS) is 19.4. The van der Waals surface area contributed by atoms with Crippen molar-refractivity contribution in [2.24, 2.45) is 5.92 Å². The predicted octanol–water partition coefficient (Wildman–Crippen LogP) is 2.72. The second kappa shape index (κ2) is 5.47. The molecule has 0 spiro atoms. The third kappa shape index (κ3) is 2.64. The van der Waals surface area contributed by atoms with E-state index in [0.29, 0.717) is 17.5 Å². The fourth-order valence-corrected chi connectivity index (χ4v) is 2.99. The Labute approximate surface area is 125 Å². The van der Waals surface area contributed by atoms with Crippen molar-refractivity contribution in [2.75, 3.05) is 13.1 Å². The van der Waals surface area contributed by atoms with Gasteiger partial charge in [0.15, 0.2) is 5.65 Å². The van der Waals surface area contributed by atoms with E-state index in [1.54, 1.807) is 6.20 Å². The number of hydrogen-bond donors (Lipinski definition) is 0. The van der Waals surface area contributed by atoms with Crippen LogP contribution in [0.1, 0.15) is 55.7 Å². The molecular formula is C16H22N4O. The summed E-state index contributed by atoms with van der Waals surface area (Å²) in [5, 5.41) is 4.29. The van der Waals surface area contributed by atoms with Crippen molar-refractivity contribution >= 4 is 11.6 Å². The Hall–Kier alpha value is -1.91. The van der Waals surface area contributed by atoms with E-state index in [4.69, 9.17) is 0 Å². The van der Waals surface area contributed by atoms with Gasteiger partial charge in [-0.2, -0.15) is 5.10 Å². The van der Waals surface area contributed by atoms with Crippen molar-refractivity contribution < 1.29 is 4.79 Å². The topological polar surface area (TPSA) is 50.5 Å². The molecule has 0 radical (unpaired) electrons. The zero-order valence-electron chi connectivity index (χ0n) is 12.9. The molecule has 3 heterocycles. The average molecular weight is 286 g/mol. The first-order chi connectivity index (χ1) is 10.1. The molecule has 0 saturated carbocycles. The Kier molecular flexibility index (Phi) is 3.66. The predicted molar refractivity (Wildman–Crippen MR) is 81.4 cm³/mol. The summed E-state index contributed by atoms with van der Waals surface area (Å²) in [6, 6.07) is 3.74. The van der Waals surface area contributed by atoms with Gasteiger partial charge in [-0.05, 0) is 30.7 Å². The zero-order valence-corrected chi connectivity index (χ0v) is 12.9. The lowest BCUT2D eigenvalue weighted by Gasteiger charge is -2.30. The van der Waals surface area contributed by atoms with Gasteiger partial charge in [-0.15, -0.1) is 0 Å². The van der Waals surface area contributed by atoms with Gasteiger partial charge in [0.1, 0.15) is 5.69 Å². The third-order valence-corrected chi connectivity index (χ3v) is 4.14. The van der Waals surface area contributed by atoms with E-state index in [-0.39, 0.29) is 5.91 Å². The van der Waals surface area contributed by atoms with Gasteiger partial charge in [-0.1, -0.05) is 20.8 Å². The van der Waals surface area contributed by atoms with Crippen LogP contribution in [0.15, 0.2) is 18.3 Å². The highest BCUT2D eigenvalue weighted by molar-refractivity contribution is 5.93. The van der Waals surface area contributed by atoms with E-state index in [2.05, 4.69) is 30.9 Å². The minimum Gasteiger partial charge on any atom is -0.337 e. The van der Waals surface area contributed by atoms with Crippen LogP contribution in [-0.4, -0.2) is 38.5 Å². The van der Waals surface area contributed by atoms with Crippen molar-refractivity contribution in [3.05, 3.63) is 29.7 Å². The molecular weight excluding hydrogens is 264 g/mol. The second-order valence-electron chi connectivity index (χ2n) is 6.32. The molecule has 0 bridgehead atoms. The minimum absolute atomic E-state index is 0.0483. The van der Waals surface area contributed by atoms with Crippen molar-refractivity contribution in [3.8, 4) is 0 Å². The smallest absolute Gasteiger partial charge is 0.272 e. The van der Waals surface area contributed by atoms with Crippen molar-refractivity contribution in [1.29, 1.82) is 0 Å².